The minimum absolute atomic E-state index is 0.116. The van der Waals surface area contributed by atoms with Gasteiger partial charge in [0.2, 0.25) is 0 Å². The fraction of sp³-hybridized carbons (Fsp3) is 0.625. The van der Waals surface area contributed by atoms with Gasteiger partial charge in [0.15, 0.2) is 0 Å². The highest BCUT2D eigenvalue weighted by molar-refractivity contribution is 7.99. The van der Waals surface area contributed by atoms with Crippen molar-refractivity contribution in [2.75, 3.05) is 18.8 Å². The number of rotatable bonds is 4. The summed E-state index contributed by atoms with van der Waals surface area (Å²) in [5, 5.41) is 0.712. The number of nitrogens with zero attached hydrogens (tertiary/aromatic N) is 1. The highest BCUT2D eigenvalue weighted by Gasteiger charge is 2.28. The Balaban J connectivity index is 2.05. The van der Waals surface area contributed by atoms with Gasteiger partial charge in [-0.1, -0.05) is 32.0 Å². The van der Waals surface area contributed by atoms with E-state index < -0.39 is 0 Å². The summed E-state index contributed by atoms with van der Waals surface area (Å²) in [5.74, 6) is 2.24. The van der Waals surface area contributed by atoms with E-state index in [0.717, 1.165) is 25.4 Å². The van der Waals surface area contributed by atoms with E-state index in [1.54, 1.807) is 0 Å². The fourth-order valence-electron chi connectivity index (χ4n) is 2.47. The molecular weight excluding hydrogens is 254 g/mol. The smallest absolute Gasteiger partial charge is 0.124 e. The van der Waals surface area contributed by atoms with Crippen LogP contribution in [-0.2, 0) is 6.54 Å². The summed E-state index contributed by atoms with van der Waals surface area (Å²) in [6, 6.07) is 8.42. The van der Waals surface area contributed by atoms with Gasteiger partial charge in [-0.15, -0.1) is 0 Å². The van der Waals surface area contributed by atoms with Crippen LogP contribution in [-0.4, -0.2) is 34.6 Å². The van der Waals surface area contributed by atoms with Crippen molar-refractivity contribution in [3.63, 3.8) is 0 Å². The number of ether oxygens (including phenoxy) is 1. The molecule has 2 rings (SSSR count). The third-order valence-electron chi connectivity index (χ3n) is 3.22. The molecule has 3 heteroatoms. The van der Waals surface area contributed by atoms with E-state index >= 15 is 0 Å². The maximum atomic E-state index is 6.15. The summed E-state index contributed by atoms with van der Waals surface area (Å²) >= 11 is 2.03. The second-order valence-electron chi connectivity index (χ2n) is 6.10. The van der Waals surface area contributed by atoms with Crippen molar-refractivity contribution >= 4 is 11.8 Å². The van der Waals surface area contributed by atoms with E-state index in [9.17, 15) is 0 Å². The molecule has 0 bridgehead atoms. The Labute approximate surface area is 121 Å². The molecule has 1 aromatic carbocycles. The predicted molar refractivity (Wildman–Crippen MR) is 84.0 cm³/mol. The van der Waals surface area contributed by atoms with E-state index in [1.807, 2.05) is 11.8 Å². The van der Waals surface area contributed by atoms with Crippen LogP contribution in [0.2, 0.25) is 0 Å². The third kappa shape index (κ3) is 4.43. The molecule has 0 aromatic heterocycles. The summed E-state index contributed by atoms with van der Waals surface area (Å²) in [5.41, 5.74) is 1.19. The molecule has 1 aliphatic heterocycles. The predicted octanol–water partition coefficient (Wildman–Crippen LogP) is 3.80. The van der Waals surface area contributed by atoms with Gasteiger partial charge in [0.1, 0.15) is 11.4 Å². The van der Waals surface area contributed by atoms with Gasteiger partial charge in [-0.05, 0) is 25.2 Å². The average molecular weight is 279 g/mol. The maximum absolute atomic E-state index is 6.15. The number of para-hydroxylation sites is 1. The second-order valence-corrected chi connectivity index (χ2v) is 7.78. The van der Waals surface area contributed by atoms with E-state index in [-0.39, 0.29) is 5.60 Å². The Kier molecular flexibility index (Phi) is 4.80. The zero-order valence-corrected chi connectivity index (χ0v) is 13.3. The monoisotopic (exact) mass is 279 g/mol. The molecule has 2 nitrogen and oxygen atoms in total. The standard InChI is InChI=1S/C16H25NOS/c1-13(2)19-10-9-17-11-14-7-5-6-8-15(14)18-16(3,4)12-17/h5-8,13H,9-12H2,1-4H3. The lowest BCUT2D eigenvalue weighted by molar-refractivity contribution is 0.0737. The van der Waals surface area contributed by atoms with Crippen LogP contribution in [0.4, 0.5) is 0 Å². The topological polar surface area (TPSA) is 12.5 Å². The molecule has 106 valence electrons. The van der Waals surface area contributed by atoms with Gasteiger partial charge >= 0.3 is 0 Å². The molecule has 1 aliphatic rings. The highest BCUT2D eigenvalue weighted by atomic mass is 32.2. The summed E-state index contributed by atoms with van der Waals surface area (Å²) < 4.78 is 6.15. The SMILES string of the molecule is CC(C)SCCN1Cc2ccccc2OC(C)(C)C1. The van der Waals surface area contributed by atoms with Crippen molar-refractivity contribution in [2.24, 2.45) is 0 Å². The van der Waals surface area contributed by atoms with Gasteiger partial charge in [-0.2, -0.15) is 11.8 Å². The lowest BCUT2D eigenvalue weighted by Crippen LogP contribution is -2.41. The second kappa shape index (κ2) is 6.19. The van der Waals surface area contributed by atoms with Crippen LogP contribution in [0.15, 0.2) is 24.3 Å². The Morgan fingerprint density at radius 3 is 2.79 bits per heavy atom. The van der Waals surface area contributed by atoms with Crippen molar-refractivity contribution in [3.8, 4) is 5.75 Å². The molecular formula is C16H25NOS. The lowest BCUT2D eigenvalue weighted by atomic mass is 10.1. The molecule has 0 N–H and O–H groups in total. The molecule has 1 aromatic rings. The number of thioether (sulfide) groups is 1. The highest BCUT2D eigenvalue weighted by Crippen LogP contribution is 2.29. The van der Waals surface area contributed by atoms with Crippen LogP contribution in [0.25, 0.3) is 0 Å². The first-order valence-electron chi connectivity index (χ1n) is 7.07. The lowest BCUT2D eigenvalue weighted by Gasteiger charge is -2.29. The normalized spacial score (nSPS) is 18.8. The average Bonchev–Trinajstić information content (AvgIpc) is 2.42. The Morgan fingerprint density at radius 1 is 1.32 bits per heavy atom. The minimum atomic E-state index is -0.116. The molecule has 0 atom stereocenters. The van der Waals surface area contributed by atoms with Crippen molar-refractivity contribution in [1.29, 1.82) is 0 Å². The van der Waals surface area contributed by atoms with Gasteiger partial charge in [-0.25, -0.2) is 0 Å². The van der Waals surface area contributed by atoms with Crippen LogP contribution >= 0.6 is 11.8 Å². The summed E-state index contributed by atoms with van der Waals surface area (Å²) in [4.78, 5) is 2.52. The number of hydrogen-bond donors (Lipinski definition) is 0. The minimum Gasteiger partial charge on any atom is -0.486 e. The van der Waals surface area contributed by atoms with Crippen molar-refractivity contribution in [2.45, 2.75) is 45.1 Å². The van der Waals surface area contributed by atoms with Crippen LogP contribution in [0.1, 0.15) is 33.3 Å². The van der Waals surface area contributed by atoms with E-state index in [2.05, 4.69) is 56.9 Å². The molecule has 0 saturated carbocycles. The zero-order valence-electron chi connectivity index (χ0n) is 12.5. The quantitative estimate of drug-likeness (QED) is 0.832. The van der Waals surface area contributed by atoms with Crippen LogP contribution in [0.5, 0.6) is 5.75 Å². The van der Waals surface area contributed by atoms with Gasteiger partial charge in [-0.3, -0.25) is 4.90 Å². The first-order valence-corrected chi connectivity index (χ1v) is 8.12. The molecule has 0 aliphatic carbocycles. The number of hydrogen-bond acceptors (Lipinski definition) is 3. The molecule has 0 amide bonds. The first-order chi connectivity index (χ1) is 8.96. The Hall–Kier alpha value is -0.670. The first kappa shape index (κ1) is 14.7. The van der Waals surface area contributed by atoms with Gasteiger partial charge in [0.05, 0.1) is 0 Å². The zero-order chi connectivity index (χ0) is 13.9. The molecule has 0 fully saturated rings. The van der Waals surface area contributed by atoms with Crippen LogP contribution in [0.3, 0.4) is 0 Å². The third-order valence-corrected chi connectivity index (χ3v) is 4.30. The molecule has 0 radical (unpaired) electrons. The van der Waals surface area contributed by atoms with Crippen molar-refractivity contribution < 1.29 is 4.74 Å². The van der Waals surface area contributed by atoms with Gasteiger partial charge < -0.3 is 4.74 Å². The van der Waals surface area contributed by atoms with E-state index in [0.29, 0.717) is 5.25 Å². The Bertz CT molecular complexity index is 417. The van der Waals surface area contributed by atoms with Crippen LogP contribution < -0.4 is 4.74 Å². The maximum Gasteiger partial charge on any atom is 0.124 e. The molecule has 0 unspecified atom stereocenters. The summed E-state index contributed by atoms with van der Waals surface area (Å²) in [7, 11) is 0. The van der Waals surface area contributed by atoms with Crippen molar-refractivity contribution in [1.82, 2.24) is 4.90 Å². The number of benzene rings is 1. The Morgan fingerprint density at radius 2 is 2.05 bits per heavy atom. The van der Waals surface area contributed by atoms with Gasteiger partial charge in [0.25, 0.3) is 0 Å². The molecule has 0 saturated heterocycles. The van der Waals surface area contributed by atoms with Crippen molar-refractivity contribution in [3.05, 3.63) is 29.8 Å². The molecule has 1 heterocycles. The largest absolute Gasteiger partial charge is 0.486 e. The summed E-state index contributed by atoms with van der Waals surface area (Å²) in [6.45, 7) is 12.0. The fourth-order valence-corrected chi connectivity index (χ4v) is 3.31. The van der Waals surface area contributed by atoms with E-state index in [4.69, 9.17) is 4.74 Å². The molecule has 19 heavy (non-hydrogen) atoms. The van der Waals surface area contributed by atoms with E-state index in [1.165, 1.54) is 11.3 Å². The number of fused-ring (bicyclic) bond motifs is 1. The summed E-state index contributed by atoms with van der Waals surface area (Å²) in [6.07, 6.45) is 0. The van der Waals surface area contributed by atoms with Gasteiger partial charge in [0, 0.05) is 31.0 Å². The molecule has 0 spiro atoms. The van der Waals surface area contributed by atoms with Crippen LogP contribution in [0, 0.1) is 0 Å².